The average Bonchev–Trinajstić information content (AvgIpc) is 3.39. The van der Waals surface area contributed by atoms with E-state index in [-0.39, 0.29) is 17.7 Å². The zero-order valence-electron chi connectivity index (χ0n) is 16.2. The van der Waals surface area contributed by atoms with Crippen molar-refractivity contribution in [3.8, 4) is 0 Å². The lowest BCUT2D eigenvalue weighted by atomic mass is 9.81. The Morgan fingerprint density at radius 3 is 2.79 bits per heavy atom. The number of halogens is 1. The number of carbonyl (C=O) groups excluding carboxylic acids is 3. The van der Waals surface area contributed by atoms with Gasteiger partial charge < -0.3 is 15.1 Å². The number of hydrogen-bond acceptors (Lipinski definition) is 5. The quantitative estimate of drug-likeness (QED) is 0.735. The SMILES string of the molecule is CNC(=O)C(=O)N1CCC2(C1)CN(C(=O)Cc1ncc(Cl)s1)c1ccc(C)cc12. The summed E-state index contributed by atoms with van der Waals surface area (Å²) >= 11 is 7.25. The number of hydrogen-bond donors (Lipinski definition) is 1. The van der Waals surface area contributed by atoms with Crippen LogP contribution in [0.2, 0.25) is 4.34 Å². The number of amides is 3. The summed E-state index contributed by atoms with van der Waals surface area (Å²) in [5.74, 6) is -1.19. The maximum absolute atomic E-state index is 13.1. The predicted molar refractivity (Wildman–Crippen MR) is 111 cm³/mol. The summed E-state index contributed by atoms with van der Waals surface area (Å²) in [6.45, 7) is 3.41. The molecule has 1 aromatic heterocycles. The molecular formula is C20H21ClN4O3S. The molecular weight excluding hydrogens is 412 g/mol. The lowest BCUT2D eigenvalue weighted by Crippen LogP contribution is -2.44. The van der Waals surface area contributed by atoms with E-state index in [1.807, 2.05) is 19.1 Å². The van der Waals surface area contributed by atoms with Crippen LogP contribution in [0.15, 0.2) is 24.4 Å². The van der Waals surface area contributed by atoms with Gasteiger partial charge in [0.25, 0.3) is 0 Å². The van der Waals surface area contributed by atoms with Gasteiger partial charge in [-0.05, 0) is 25.0 Å². The van der Waals surface area contributed by atoms with E-state index in [1.54, 1.807) is 16.0 Å². The third kappa shape index (κ3) is 3.51. The largest absolute Gasteiger partial charge is 0.351 e. The third-order valence-corrected chi connectivity index (χ3v) is 6.78. The molecule has 1 spiro atoms. The summed E-state index contributed by atoms with van der Waals surface area (Å²) < 4.78 is 0.556. The van der Waals surface area contributed by atoms with E-state index in [0.29, 0.717) is 35.4 Å². The number of rotatable bonds is 2. The molecule has 3 amide bonds. The molecule has 1 saturated heterocycles. The van der Waals surface area contributed by atoms with E-state index in [2.05, 4.69) is 16.4 Å². The van der Waals surface area contributed by atoms with Crippen LogP contribution in [-0.4, -0.2) is 54.3 Å². The van der Waals surface area contributed by atoms with Crippen molar-refractivity contribution < 1.29 is 14.4 Å². The van der Waals surface area contributed by atoms with Crippen molar-refractivity contribution in [2.45, 2.75) is 25.2 Å². The first kappa shape index (κ1) is 19.8. The summed E-state index contributed by atoms with van der Waals surface area (Å²) in [7, 11) is 1.45. The molecule has 1 atom stereocenters. The predicted octanol–water partition coefficient (Wildman–Crippen LogP) is 1.91. The molecule has 1 unspecified atom stereocenters. The van der Waals surface area contributed by atoms with Crippen LogP contribution in [0, 0.1) is 6.92 Å². The van der Waals surface area contributed by atoms with E-state index in [9.17, 15) is 14.4 Å². The van der Waals surface area contributed by atoms with Crippen molar-refractivity contribution in [1.82, 2.24) is 15.2 Å². The number of carbonyl (C=O) groups is 3. The maximum atomic E-state index is 13.1. The molecule has 0 bridgehead atoms. The Bertz CT molecular complexity index is 1010. The number of nitrogens with one attached hydrogen (secondary N) is 1. The minimum atomic E-state index is -0.613. The number of likely N-dealkylation sites (tertiary alicyclic amines) is 1. The highest BCUT2D eigenvalue weighted by Gasteiger charge is 2.50. The summed E-state index contributed by atoms with van der Waals surface area (Å²) in [6, 6.07) is 6.05. The first-order valence-electron chi connectivity index (χ1n) is 9.36. The van der Waals surface area contributed by atoms with Gasteiger partial charge in [0.05, 0.1) is 12.6 Å². The van der Waals surface area contributed by atoms with Crippen molar-refractivity contribution in [2.75, 3.05) is 31.6 Å². The van der Waals surface area contributed by atoms with E-state index in [0.717, 1.165) is 16.8 Å². The van der Waals surface area contributed by atoms with Gasteiger partial charge in [-0.2, -0.15) is 0 Å². The van der Waals surface area contributed by atoms with Gasteiger partial charge in [-0.15, -0.1) is 11.3 Å². The monoisotopic (exact) mass is 432 g/mol. The average molecular weight is 433 g/mol. The van der Waals surface area contributed by atoms with Gasteiger partial charge >= 0.3 is 11.8 Å². The molecule has 1 fully saturated rings. The Balaban J connectivity index is 1.62. The highest BCUT2D eigenvalue weighted by molar-refractivity contribution is 7.15. The molecule has 9 heteroatoms. The molecule has 4 rings (SSSR count). The van der Waals surface area contributed by atoms with Crippen molar-refractivity contribution >= 4 is 46.3 Å². The van der Waals surface area contributed by atoms with Gasteiger partial charge in [0.15, 0.2) is 0 Å². The van der Waals surface area contributed by atoms with E-state index >= 15 is 0 Å². The number of benzene rings is 1. The van der Waals surface area contributed by atoms with Crippen molar-refractivity contribution in [2.24, 2.45) is 0 Å². The third-order valence-electron chi connectivity index (χ3n) is 5.67. The van der Waals surface area contributed by atoms with Gasteiger partial charge in [-0.25, -0.2) is 4.98 Å². The van der Waals surface area contributed by atoms with Crippen molar-refractivity contribution in [3.63, 3.8) is 0 Å². The summed E-state index contributed by atoms with van der Waals surface area (Å²) in [5, 5.41) is 3.07. The van der Waals surface area contributed by atoms with E-state index < -0.39 is 11.8 Å². The molecule has 7 nitrogen and oxygen atoms in total. The standard InChI is InChI=1S/C20H21ClN4O3S/c1-12-3-4-14-13(7-12)20(5-6-24(10-20)19(28)18(27)22-2)11-25(14)17(26)8-16-23-9-15(21)29-16/h3-4,7,9H,5-6,8,10-11H2,1-2H3,(H,22,27). The topological polar surface area (TPSA) is 82.6 Å². The fraction of sp³-hybridized carbons (Fsp3) is 0.400. The maximum Gasteiger partial charge on any atom is 0.311 e. The second-order valence-corrected chi connectivity index (χ2v) is 9.32. The highest BCUT2D eigenvalue weighted by Crippen LogP contribution is 2.47. The van der Waals surface area contributed by atoms with Crippen LogP contribution in [-0.2, 0) is 26.2 Å². The number of fused-ring (bicyclic) bond motifs is 2. The first-order valence-corrected chi connectivity index (χ1v) is 10.5. The lowest BCUT2D eigenvalue weighted by molar-refractivity contribution is -0.145. The molecule has 2 aromatic rings. The highest BCUT2D eigenvalue weighted by atomic mass is 35.5. The van der Waals surface area contributed by atoms with Gasteiger partial charge in [0, 0.05) is 37.8 Å². The van der Waals surface area contributed by atoms with Gasteiger partial charge in [0.1, 0.15) is 9.34 Å². The van der Waals surface area contributed by atoms with Crippen LogP contribution in [0.5, 0.6) is 0 Å². The zero-order valence-corrected chi connectivity index (χ0v) is 17.8. The summed E-state index contributed by atoms with van der Waals surface area (Å²) in [6.07, 6.45) is 2.44. The van der Waals surface area contributed by atoms with Gasteiger partial charge in [-0.1, -0.05) is 29.3 Å². The molecule has 2 aliphatic heterocycles. The number of aryl methyl sites for hydroxylation is 1. The molecule has 29 heavy (non-hydrogen) atoms. The molecule has 1 N–H and O–H groups in total. The second-order valence-electron chi connectivity index (χ2n) is 7.57. The molecule has 3 heterocycles. The minimum Gasteiger partial charge on any atom is -0.351 e. The summed E-state index contributed by atoms with van der Waals surface area (Å²) in [5.41, 5.74) is 2.68. The van der Waals surface area contributed by atoms with Crippen LogP contribution >= 0.6 is 22.9 Å². The van der Waals surface area contributed by atoms with E-state index in [1.165, 1.54) is 18.4 Å². The Labute approximate surface area is 177 Å². The van der Waals surface area contributed by atoms with Crippen LogP contribution < -0.4 is 10.2 Å². The molecule has 152 valence electrons. The Hall–Kier alpha value is -2.45. The van der Waals surface area contributed by atoms with E-state index in [4.69, 9.17) is 11.6 Å². The van der Waals surface area contributed by atoms with Crippen LogP contribution in [0.25, 0.3) is 0 Å². The fourth-order valence-corrected chi connectivity index (χ4v) is 5.19. The van der Waals surface area contributed by atoms with Gasteiger partial charge in [0.2, 0.25) is 5.91 Å². The van der Waals surface area contributed by atoms with Crippen molar-refractivity contribution in [3.05, 3.63) is 44.9 Å². The Kier molecular flexibility index (Phi) is 5.08. The number of nitrogens with zero attached hydrogens (tertiary/aromatic N) is 3. The molecule has 0 radical (unpaired) electrons. The lowest BCUT2D eigenvalue weighted by Gasteiger charge is -2.25. The fourth-order valence-electron chi connectivity index (χ4n) is 4.25. The molecule has 1 aromatic carbocycles. The van der Waals surface area contributed by atoms with Gasteiger partial charge in [-0.3, -0.25) is 14.4 Å². The molecule has 0 aliphatic carbocycles. The smallest absolute Gasteiger partial charge is 0.311 e. The Morgan fingerprint density at radius 1 is 1.31 bits per heavy atom. The minimum absolute atomic E-state index is 0.0472. The van der Waals surface area contributed by atoms with Crippen molar-refractivity contribution in [1.29, 1.82) is 0 Å². The van der Waals surface area contributed by atoms with Crippen LogP contribution in [0.4, 0.5) is 5.69 Å². The first-order chi connectivity index (χ1) is 13.8. The second kappa shape index (κ2) is 7.42. The normalized spacial score (nSPS) is 20.2. The van der Waals surface area contributed by atoms with Crippen LogP contribution in [0.1, 0.15) is 22.6 Å². The number of aromatic nitrogens is 1. The molecule has 2 aliphatic rings. The number of anilines is 1. The summed E-state index contributed by atoms with van der Waals surface area (Å²) in [4.78, 5) is 44.8. The van der Waals surface area contributed by atoms with Crippen LogP contribution in [0.3, 0.4) is 0 Å². The number of likely N-dealkylation sites (N-methyl/N-ethyl adjacent to an activating group) is 1. The zero-order chi connectivity index (χ0) is 20.8. The number of thiazole rings is 1. The molecule has 0 saturated carbocycles. The Morgan fingerprint density at radius 2 is 2.10 bits per heavy atom.